The molecule has 138 valence electrons. The van der Waals surface area contributed by atoms with Gasteiger partial charge in [0.25, 0.3) is 0 Å². The number of nitrogens with two attached hydrogens (primary N) is 1. The van der Waals surface area contributed by atoms with Crippen molar-refractivity contribution in [2.24, 2.45) is 0 Å². The van der Waals surface area contributed by atoms with Gasteiger partial charge >= 0.3 is 0 Å². The number of imidazole rings is 1. The molecule has 3 aromatic rings. The van der Waals surface area contributed by atoms with Crippen LogP contribution in [0.2, 0.25) is 0 Å². The molecule has 26 heavy (non-hydrogen) atoms. The molecule has 1 aromatic carbocycles. The van der Waals surface area contributed by atoms with Crippen LogP contribution in [0, 0.1) is 0 Å². The molecule has 0 atom stereocenters. The number of aliphatic hydroxyl groups is 1. The van der Waals surface area contributed by atoms with Crippen LogP contribution in [0.1, 0.15) is 27.2 Å². The molecule has 0 aliphatic carbocycles. The topological polar surface area (TPSA) is 80.2 Å². The van der Waals surface area contributed by atoms with Crippen LogP contribution in [0.5, 0.6) is 0 Å². The van der Waals surface area contributed by atoms with E-state index in [-0.39, 0.29) is 0 Å². The summed E-state index contributed by atoms with van der Waals surface area (Å²) in [6, 6.07) is 10.1. The minimum atomic E-state index is -0.887. The standard InChI is InChI=1S/C20H27N5O/c1-5-11-24(4)19-23-16-17(25(19)13-20(2,3)26)15(12-22-18(16)21)14-9-7-6-8-10-14/h6-10,12,26H,5,11,13H2,1-4H3,(H2,21,22). The summed E-state index contributed by atoms with van der Waals surface area (Å²) in [6.45, 7) is 7.01. The SMILES string of the molecule is CCCN(C)c1nc2c(N)ncc(-c3ccccc3)c2n1CC(C)(C)O. The third-order valence-electron chi connectivity index (χ3n) is 4.31. The van der Waals surface area contributed by atoms with Crippen LogP contribution in [0.4, 0.5) is 11.8 Å². The van der Waals surface area contributed by atoms with E-state index in [1.165, 1.54) is 0 Å². The highest BCUT2D eigenvalue weighted by molar-refractivity contribution is 5.98. The Morgan fingerprint density at radius 2 is 1.92 bits per heavy atom. The van der Waals surface area contributed by atoms with E-state index in [0.29, 0.717) is 17.9 Å². The molecule has 0 radical (unpaired) electrons. The fourth-order valence-corrected chi connectivity index (χ4v) is 3.24. The Bertz CT molecular complexity index is 896. The van der Waals surface area contributed by atoms with Crippen LogP contribution in [0.15, 0.2) is 36.5 Å². The number of benzene rings is 1. The van der Waals surface area contributed by atoms with E-state index in [0.717, 1.165) is 35.6 Å². The Balaban J connectivity index is 2.32. The molecule has 2 heterocycles. The van der Waals surface area contributed by atoms with Crippen molar-refractivity contribution in [3.05, 3.63) is 36.5 Å². The van der Waals surface area contributed by atoms with E-state index in [9.17, 15) is 5.11 Å². The van der Waals surface area contributed by atoms with Crippen molar-refractivity contribution in [1.82, 2.24) is 14.5 Å². The van der Waals surface area contributed by atoms with Gasteiger partial charge < -0.3 is 20.3 Å². The third-order valence-corrected chi connectivity index (χ3v) is 4.31. The monoisotopic (exact) mass is 353 g/mol. The van der Waals surface area contributed by atoms with Crippen LogP contribution in [-0.2, 0) is 6.54 Å². The maximum atomic E-state index is 10.5. The summed E-state index contributed by atoms with van der Waals surface area (Å²) in [7, 11) is 2.01. The second-order valence-corrected chi connectivity index (χ2v) is 7.35. The molecular formula is C20H27N5O. The molecule has 3 rings (SSSR count). The number of pyridine rings is 1. The van der Waals surface area contributed by atoms with Gasteiger partial charge in [-0.3, -0.25) is 0 Å². The van der Waals surface area contributed by atoms with Crippen LogP contribution in [0.3, 0.4) is 0 Å². The Morgan fingerprint density at radius 1 is 1.23 bits per heavy atom. The highest BCUT2D eigenvalue weighted by atomic mass is 16.3. The van der Waals surface area contributed by atoms with Crippen molar-refractivity contribution in [1.29, 1.82) is 0 Å². The number of nitrogen functional groups attached to an aromatic ring is 1. The lowest BCUT2D eigenvalue weighted by atomic mass is 10.1. The number of rotatable bonds is 6. The third kappa shape index (κ3) is 3.51. The van der Waals surface area contributed by atoms with Crippen LogP contribution in [0.25, 0.3) is 22.2 Å². The average Bonchev–Trinajstić information content (AvgIpc) is 2.95. The first kappa shape index (κ1) is 18.2. The van der Waals surface area contributed by atoms with Gasteiger partial charge in [0.15, 0.2) is 5.82 Å². The molecule has 2 aromatic heterocycles. The molecule has 6 nitrogen and oxygen atoms in total. The highest BCUT2D eigenvalue weighted by Gasteiger charge is 2.24. The molecule has 0 saturated heterocycles. The molecular weight excluding hydrogens is 326 g/mol. The molecule has 6 heteroatoms. The van der Waals surface area contributed by atoms with Crippen LogP contribution < -0.4 is 10.6 Å². The molecule has 0 fully saturated rings. The molecule has 0 spiro atoms. The number of hydrogen-bond acceptors (Lipinski definition) is 5. The fraction of sp³-hybridized carbons (Fsp3) is 0.400. The molecule has 0 unspecified atom stereocenters. The zero-order chi connectivity index (χ0) is 18.9. The average molecular weight is 353 g/mol. The van der Waals surface area contributed by atoms with Crippen molar-refractivity contribution in [3.8, 4) is 11.1 Å². The first-order valence-corrected chi connectivity index (χ1v) is 8.95. The molecule has 0 bridgehead atoms. The van der Waals surface area contributed by atoms with Gasteiger partial charge in [-0.25, -0.2) is 9.97 Å². The zero-order valence-electron chi connectivity index (χ0n) is 15.9. The number of hydrogen-bond donors (Lipinski definition) is 2. The molecule has 0 saturated carbocycles. The van der Waals surface area contributed by atoms with Crippen LogP contribution >= 0.6 is 0 Å². The zero-order valence-corrected chi connectivity index (χ0v) is 15.9. The molecule has 3 N–H and O–H groups in total. The number of fused-ring (bicyclic) bond motifs is 1. The van der Waals surface area contributed by atoms with Crippen LogP contribution in [-0.4, -0.2) is 38.8 Å². The minimum Gasteiger partial charge on any atom is -0.389 e. The van der Waals surface area contributed by atoms with Gasteiger partial charge in [0.2, 0.25) is 5.95 Å². The first-order valence-electron chi connectivity index (χ1n) is 8.95. The number of anilines is 2. The summed E-state index contributed by atoms with van der Waals surface area (Å²) in [5.41, 5.74) is 8.86. The number of aromatic nitrogens is 3. The Morgan fingerprint density at radius 3 is 2.54 bits per heavy atom. The largest absolute Gasteiger partial charge is 0.389 e. The Kier molecular flexibility index (Phi) is 4.87. The Hall–Kier alpha value is -2.60. The van der Waals surface area contributed by atoms with Gasteiger partial charge in [0.05, 0.1) is 17.7 Å². The lowest BCUT2D eigenvalue weighted by Gasteiger charge is -2.24. The molecule has 0 aliphatic rings. The van der Waals surface area contributed by atoms with E-state index in [1.54, 1.807) is 20.0 Å². The maximum absolute atomic E-state index is 10.5. The Labute approximate surface area is 154 Å². The maximum Gasteiger partial charge on any atom is 0.206 e. The van der Waals surface area contributed by atoms with Gasteiger partial charge in [0.1, 0.15) is 5.52 Å². The van der Waals surface area contributed by atoms with E-state index >= 15 is 0 Å². The summed E-state index contributed by atoms with van der Waals surface area (Å²) in [5.74, 6) is 1.20. The van der Waals surface area contributed by atoms with E-state index < -0.39 is 5.60 Å². The number of nitrogens with zero attached hydrogens (tertiary/aromatic N) is 4. The quantitative estimate of drug-likeness (QED) is 0.711. The molecule has 0 amide bonds. The minimum absolute atomic E-state index is 0.403. The predicted molar refractivity (Wildman–Crippen MR) is 107 cm³/mol. The highest BCUT2D eigenvalue weighted by Crippen LogP contribution is 2.34. The summed E-state index contributed by atoms with van der Waals surface area (Å²) < 4.78 is 2.06. The smallest absolute Gasteiger partial charge is 0.206 e. The lowest BCUT2D eigenvalue weighted by molar-refractivity contribution is 0.0630. The van der Waals surface area contributed by atoms with Gasteiger partial charge in [-0.05, 0) is 25.8 Å². The van der Waals surface area contributed by atoms with Crippen molar-refractivity contribution in [2.45, 2.75) is 39.3 Å². The van der Waals surface area contributed by atoms with E-state index in [2.05, 4.69) is 21.4 Å². The van der Waals surface area contributed by atoms with Gasteiger partial charge in [-0.2, -0.15) is 0 Å². The molecule has 0 aliphatic heterocycles. The van der Waals surface area contributed by atoms with Crippen molar-refractivity contribution < 1.29 is 5.11 Å². The predicted octanol–water partition coefficient (Wildman–Crippen LogP) is 3.30. The van der Waals surface area contributed by atoms with E-state index in [1.807, 2.05) is 37.4 Å². The van der Waals surface area contributed by atoms with Crippen molar-refractivity contribution >= 4 is 22.8 Å². The first-order chi connectivity index (χ1) is 12.3. The van der Waals surface area contributed by atoms with Gasteiger partial charge in [-0.15, -0.1) is 0 Å². The summed E-state index contributed by atoms with van der Waals surface area (Å²) in [5, 5.41) is 10.5. The van der Waals surface area contributed by atoms with Crippen molar-refractivity contribution in [2.75, 3.05) is 24.2 Å². The summed E-state index contributed by atoms with van der Waals surface area (Å²) >= 11 is 0. The summed E-state index contributed by atoms with van der Waals surface area (Å²) in [4.78, 5) is 11.2. The fourth-order valence-electron chi connectivity index (χ4n) is 3.24. The van der Waals surface area contributed by atoms with Gasteiger partial charge in [0, 0.05) is 25.4 Å². The van der Waals surface area contributed by atoms with E-state index in [4.69, 9.17) is 10.7 Å². The second-order valence-electron chi connectivity index (χ2n) is 7.35. The van der Waals surface area contributed by atoms with Gasteiger partial charge in [-0.1, -0.05) is 37.3 Å². The van der Waals surface area contributed by atoms with Crippen molar-refractivity contribution in [3.63, 3.8) is 0 Å². The normalized spacial score (nSPS) is 11.9. The lowest BCUT2D eigenvalue weighted by Crippen LogP contribution is -2.29. The summed E-state index contributed by atoms with van der Waals surface area (Å²) in [6.07, 6.45) is 2.79. The second kappa shape index (κ2) is 6.96.